The van der Waals surface area contributed by atoms with Crippen LogP contribution in [0.15, 0.2) is 66.8 Å². The quantitative estimate of drug-likeness (QED) is 0.290. The Bertz CT molecular complexity index is 1420. The molecule has 0 spiro atoms. The van der Waals surface area contributed by atoms with E-state index in [1.807, 2.05) is 0 Å². The number of Topliss-reactive ketones (excluding diaryl/α,β-unsaturated/α-hetero) is 1. The van der Waals surface area contributed by atoms with Crippen molar-refractivity contribution in [3.8, 4) is 17.2 Å². The zero-order chi connectivity index (χ0) is 30.4. The third-order valence-corrected chi connectivity index (χ3v) is 8.62. The first-order valence-electron chi connectivity index (χ1n) is 13.3. The number of carbonyl (C=O) groups excluding carboxylic acids is 2. The van der Waals surface area contributed by atoms with Gasteiger partial charge in [0.2, 0.25) is 12.5 Å². The minimum Gasteiger partial charge on any atom is -0.493 e. The number of esters is 1. The van der Waals surface area contributed by atoms with Crippen LogP contribution < -0.4 is 14.2 Å². The lowest BCUT2D eigenvalue weighted by Crippen LogP contribution is -2.57. The molecule has 2 aromatic rings. The first-order valence-corrected chi connectivity index (χ1v) is 13.3. The SMILES string of the molecule is C=CCC1=C[C@]2(OC)[C@H](C)[C@@H](c3cc(OC)c4c(c3)OCO4)[C@H](C1=O)[C@H]2OC(=O)[C@@](OC)(c1ccccc1)C(F)(F)F. The van der Waals surface area contributed by atoms with Gasteiger partial charge in [-0.3, -0.25) is 4.79 Å². The molecule has 0 unspecified atom stereocenters. The van der Waals surface area contributed by atoms with Gasteiger partial charge in [0.1, 0.15) is 11.7 Å². The van der Waals surface area contributed by atoms with Gasteiger partial charge < -0.3 is 28.4 Å². The standard InChI is InChI=1S/C31H31F3O8/c1-6-10-18-15-29(38-4)17(2)23(19-13-21(37-3)26-22(14-19)40-16-41-26)24(25(18)35)27(29)42-28(36)30(39-5,31(32,33)34)20-11-8-7-9-12-20/h6-9,11-15,17,23-24,27H,1,10,16H2,2-5H3/t17-,23+,24-,27-,29+,30+/m1/s1. The van der Waals surface area contributed by atoms with Crippen molar-refractivity contribution in [3.05, 3.63) is 77.9 Å². The number of benzene rings is 2. The molecule has 11 heteroatoms. The van der Waals surface area contributed by atoms with Crippen LogP contribution in [0.5, 0.6) is 17.2 Å². The number of rotatable bonds is 9. The summed E-state index contributed by atoms with van der Waals surface area (Å²) in [5.41, 5.74) is -4.41. The smallest absolute Gasteiger partial charge is 0.432 e. The van der Waals surface area contributed by atoms with Crippen LogP contribution >= 0.6 is 0 Å². The van der Waals surface area contributed by atoms with E-state index in [1.54, 1.807) is 31.2 Å². The van der Waals surface area contributed by atoms with E-state index in [4.69, 9.17) is 28.4 Å². The number of ether oxygens (including phenoxy) is 6. The number of ketones is 1. The summed E-state index contributed by atoms with van der Waals surface area (Å²) in [4.78, 5) is 27.8. The number of fused-ring (bicyclic) bond motifs is 3. The second-order valence-corrected chi connectivity index (χ2v) is 10.5. The van der Waals surface area contributed by atoms with Gasteiger partial charge in [-0.1, -0.05) is 43.3 Å². The molecule has 2 bridgehead atoms. The number of carbonyl (C=O) groups is 2. The minimum atomic E-state index is -5.20. The van der Waals surface area contributed by atoms with Crippen molar-refractivity contribution in [3.63, 3.8) is 0 Å². The van der Waals surface area contributed by atoms with Crippen molar-refractivity contribution in [2.45, 2.75) is 42.7 Å². The van der Waals surface area contributed by atoms with Crippen molar-refractivity contribution in [1.82, 2.24) is 0 Å². The van der Waals surface area contributed by atoms with Gasteiger partial charge in [-0.2, -0.15) is 13.2 Å². The van der Waals surface area contributed by atoms with Crippen molar-refractivity contribution in [2.75, 3.05) is 28.1 Å². The van der Waals surface area contributed by atoms with Crippen molar-refractivity contribution in [1.29, 1.82) is 0 Å². The summed E-state index contributed by atoms with van der Waals surface area (Å²) in [6.07, 6.45) is -3.31. The maximum Gasteiger partial charge on any atom is 0.432 e. The average Bonchev–Trinajstić information content (AvgIpc) is 3.51. The molecule has 1 aliphatic heterocycles. The zero-order valence-electron chi connectivity index (χ0n) is 23.5. The van der Waals surface area contributed by atoms with E-state index in [0.29, 0.717) is 28.4 Å². The van der Waals surface area contributed by atoms with Crippen LogP contribution in [0.25, 0.3) is 0 Å². The summed E-state index contributed by atoms with van der Waals surface area (Å²) < 4.78 is 77.6. The van der Waals surface area contributed by atoms with Gasteiger partial charge in [-0.05, 0) is 35.8 Å². The molecule has 0 saturated heterocycles. The van der Waals surface area contributed by atoms with E-state index in [2.05, 4.69) is 6.58 Å². The highest BCUT2D eigenvalue weighted by Crippen LogP contribution is 2.59. The van der Waals surface area contributed by atoms with E-state index in [0.717, 1.165) is 19.2 Å². The number of hydrogen-bond donors (Lipinski definition) is 0. The molecule has 5 rings (SSSR count). The van der Waals surface area contributed by atoms with Gasteiger partial charge in [-0.25, -0.2) is 4.79 Å². The highest BCUT2D eigenvalue weighted by atomic mass is 19.4. The van der Waals surface area contributed by atoms with E-state index < -0.39 is 52.8 Å². The molecule has 1 saturated carbocycles. The number of allylic oxidation sites excluding steroid dienone is 2. The van der Waals surface area contributed by atoms with E-state index in [-0.39, 0.29) is 19.0 Å². The summed E-state index contributed by atoms with van der Waals surface area (Å²) >= 11 is 0. The average molecular weight is 589 g/mol. The van der Waals surface area contributed by atoms with Gasteiger partial charge in [0.05, 0.1) is 13.0 Å². The summed E-state index contributed by atoms with van der Waals surface area (Å²) in [7, 11) is 3.62. The molecule has 2 aliphatic carbocycles. The Hall–Kier alpha value is -3.83. The first-order chi connectivity index (χ1) is 20.0. The highest BCUT2D eigenvalue weighted by molar-refractivity contribution is 6.01. The molecule has 224 valence electrons. The largest absolute Gasteiger partial charge is 0.493 e. The van der Waals surface area contributed by atoms with Crippen LogP contribution in [0, 0.1) is 11.8 Å². The minimum absolute atomic E-state index is 0.0267. The Morgan fingerprint density at radius 2 is 1.83 bits per heavy atom. The van der Waals surface area contributed by atoms with Crippen LogP contribution in [-0.4, -0.2) is 57.8 Å². The number of halogens is 3. The third kappa shape index (κ3) is 4.20. The van der Waals surface area contributed by atoms with Gasteiger partial charge in [-0.15, -0.1) is 6.58 Å². The van der Waals surface area contributed by atoms with Crippen LogP contribution in [0.1, 0.15) is 30.4 Å². The molecule has 8 nitrogen and oxygen atoms in total. The third-order valence-electron chi connectivity index (χ3n) is 8.62. The van der Waals surface area contributed by atoms with Gasteiger partial charge in [0.25, 0.3) is 5.60 Å². The normalized spacial score (nSPS) is 27.7. The molecule has 42 heavy (non-hydrogen) atoms. The van der Waals surface area contributed by atoms with Crippen LogP contribution in [0.3, 0.4) is 0 Å². The zero-order valence-corrected chi connectivity index (χ0v) is 23.5. The molecule has 0 aromatic heterocycles. The topological polar surface area (TPSA) is 89.5 Å². The number of hydrogen-bond acceptors (Lipinski definition) is 8. The second kappa shape index (κ2) is 10.8. The Balaban J connectivity index is 1.66. The van der Waals surface area contributed by atoms with Gasteiger partial charge in [0, 0.05) is 31.6 Å². The lowest BCUT2D eigenvalue weighted by atomic mass is 9.78. The monoisotopic (exact) mass is 588 g/mol. The maximum atomic E-state index is 14.7. The predicted octanol–water partition coefficient (Wildman–Crippen LogP) is 5.26. The maximum absolute atomic E-state index is 14.7. The molecule has 0 amide bonds. The molecular formula is C31H31F3O8. The van der Waals surface area contributed by atoms with Gasteiger partial charge in [0.15, 0.2) is 17.3 Å². The van der Waals surface area contributed by atoms with Crippen LogP contribution in [-0.2, 0) is 29.4 Å². The molecule has 0 radical (unpaired) electrons. The Kier molecular flexibility index (Phi) is 7.61. The molecular weight excluding hydrogens is 557 g/mol. The lowest BCUT2D eigenvalue weighted by molar-refractivity contribution is -0.281. The first kappa shape index (κ1) is 29.7. The van der Waals surface area contributed by atoms with Crippen molar-refractivity contribution >= 4 is 11.8 Å². The molecule has 3 aliphatic rings. The Morgan fingerprint density at radius 1 is 1.12 bits per heavy atom. The number of alkyl halides is 3. The summed E-state index contributed by atoms with van der Waals surface area (Å²) in [5.74, 6) is -3.27. The summed E-state index contributed by atoms with van der Waals surface area (Å²) in [6.45, 7) is 5.51. The fourth-order valence-electron chi connectivity index (χ4n) is 6.66. The van der Waals surface area contributed by atoms with Crippen LogP contribution in [0.4, 0.5) is 13.2 Å². The highest BCUT2D eigenvalue weighted by Gasteiger charge is 2.69. The van der Waals surface area contributed by atoms with E-state index in [9.17, 15) is 22.8 Å². The lowest BCUT2D eigenvalue weighted by Gasteiger charge is -2.41. The van der Waals surface area contributed by atoms with Crippen molar-refractivity contribution in [2.24, 2.45) is 11.8 Å². The van der Waals surface area contributed by atoms with Crippen LogP contribution in [0.2, 0.25) is 0 Å². The molecule has 0 N–H and O–H groups in total. The summed E-state index contributed by atoms with van der Waals surface area (Å²) in [5, 5.41) is 0. The summed E-state index contributed by atoms with van der Waals surface area (Å²) in [6, 6.07) is 9.91. The Labute approximate surface area is 241 Å². The molecule has 2 aromatic carbocycles. The second-order valence-electron chi connectivity index (χ2n) is 10.5. The van der Waals surface area contributed by atoms with Gasteiger partial charge >= 0.3 is 12.1 Å². The molecule has 6 atom stereocenters. The fourth-order valence-corrected chi connectivity index (χ4v) is 6.66. The fraction of sp³-hybridized carbons (Fsp3) is 0.419. The molecule has 1 heterocycles. The predicted molar refractivity (Wildman–Crippen MR) is 143 cm³/mol. The molecule has 1 fully saturated rings. The van der Waals surface area contributed by atoms with E-state index in [1.165, 1.54) is 32.4 Å². The number of methoxy groups -OCH3 is 3. The van der Waals surface area contributed by atoms with E-state index >= 15 is 0 Å². The Morgan fingerprint density at radius 3 is 2.43 bits per heavy atom. The van der Waals surface area contributed by atoms with Crippen molar-refractivity contribution < 1.29 is 51.2 Å².